The van der Waals surface area contributed by atoms with Gasteiger partial charge in [-0.15, -0.1) is 11.3 Å². The molecule has 0 radical (unpaired) electrons. The van der Waals surface area contributed by atoms with Gasteiger partial charge in [0.1, 0.15) is 0 Å². The monoisotopic (exact) mass is 281 g/mol. The van der Waals surface area contributed by atoms with Gasteiger partial charge in [-0.05, 0) is 48.0 Å². The Hall–Kier alpha value is -1.26. The highest BCUT2D eigenvalue weighted by Gasteiger charge is 2.30. The number of halogens is 1. The highest BCUT2D eigenvalue weighted by Crippen LogP contribution is 2.34. The maximum Gasteiger partial charge on any atom is 0.259 e. The van der Waals surface area contributed by atoms with Crippen LogP contribution in [-0.2, 0) is 6.42 Å². The van der Waals surface area contributed by atoms with Crippen LogP contribution in [0.2, 0.25) is 5.22 Å². The quantitative estimate of drug-likeness (QED) is 0.797. The predicted octanol–water partition coefficient (Wildman–Crippen LogP) is 3.75. The summed E-state index contributed by atoms with van der Waals surface area (Å²) in [5, 5.41) is 2.25. The van der Waals surface area contributed by atoms with Crippen molar-refractivity contribution in [3.8, 4) is 0 Å². The molecule has 0 aliphatic carbocycles. The first-order valence-electron chi connectivity index (χ1n) is 5.78. The SMILES string of the molecule is CC1c2ccsc2CCN1C(=O)c1ccoc1Cl. The van der Waals surface area contributed by atoms with Crippen molar-refractivity contribution in [1.29, 1.82) is 0 Å². The van der Waals surface area contributed by atoms with E-state index >= 15 is 0 Å². The zero-order valence-corrected chi connectivity index (χ0v) is 11.4. The van der Waals surface area contributed by atoms with Gasteiger partial charge in [-0.3, -0.25) is 4.79 Å². The number of fused-ring (bicyclic) bond motifs is 1. The van der Waals surface area contributed by atoms with Crippen LogP contribution in [0.25, 0.3) is 0 Å². The summed E-state index contributed by atoms with van der Waals surface area (Å²) in [7, 11) is 0. The van der Waals surface area contributed by atoms with Crippen molar-refractivity contribution >= 4 is 28.8 Å². The van der Waals surface area contributed by atoms with Crippen LogP contribution in [0.1, 0.15) is 33.8 Å². The van der Waals surface area contributed by atoms with E-state index in [1.807, 2.05) is 4.90 Å². The number of amides is 1. The molecule has 1 unspecified atom stereocenters. The van der Waals surface area contributed by atoms with E-state index in [1.54, 1.807) is 17.4 Å². The van der Waals surface area contributed by atoms with Crippen LogP contribution < -0.4 is 0 Å². The summed E-state index contributed by atoms with van der Waals surface area (Å²) in [4.78, 5) is 15.6. The summed E-state index contributed by atoms with van der Waals surface area (Å²) in [6, 6.07) is 3.82. The van der Waals surface area contributed by atoms with Crippen molar-refractivity contribution in [1.82, 2.24) is 4.90 Å². The second kappa shape index (κ2) is 4.44. The van der Waals surface area contributed by atoms with Gasteiger partial charge >= 0.3 is 0 Å². The van der Waals surface area contributed by atoms with Crippen LogP contribution in [0.4, 0.5) is 0 Å². The van der Waals surface area contributed by atoms with Gasteiger partial charge in [0, 0.05) is 11.4 Å². The number of hydrogen-bond donors (Lipinski definition) is 0. The van der Waals surface area contributed by atoms with E-state index in [0.717, 1.165) is 13.0 Å². The van der Waals surface area contributed by atoms with Gasteiger partial charge < -0.3 is 9.32 Å². The molecule has 0 bridgehead atoms. The zero-order valence-electron chi connectivity index (χ0n) is 9.85. The van der Waals surface area contributed by atoms with E-state index in [4.69, 9.17) is 16.0 Å². The molecule has 0 spiro atoms. The number of rotatable bonds is 1. The molecule has 0 aromatic carbocycles. The normalized spacial score (nSPS) is 18.8. The van der Waals surface area contributed by atoms with Crippen LogP contribution >= 0.6 is 22.9 Å². The summed E-state index contributed by atoms with van der Waals surface area (Å²) in [6.45, 7) is 2.78. The molecular weight excluding hydrogens is 270 g/mol. The molecule has 0 fully saturated rings. The topological polar surface area (TPSA) is 33.5 Å². The first kappa shape index (κ1) is 11.8. The highest BCUT2D eigenvalue weighted by molar-refractivity contribution is 7.10. The number of hydrogen-bond acceptors (Lipinski definition) is 3. The first-order valence-corrected chi connectivity index (χ1v) is 7.04. The van der Waals surface area contributed by atoms with E-state index in [2.05, 4.69) is 18.4 Å². The van der Waals surface area contributed by atoms with Gasteiger partial charge in [-0.25, -0.2) is 0 Å². The lowest BCUT2D eigenvalue weighted by atomic mass is 10.0. The summed E-state index contributed by atoms with van der Waals surface area (Å²) in [5.74, 6) is -0.0573. The molecule has 1 aliphatic rings. The lowest BCUT2D eigenvalue weighted by Crippen LogP contribution is -2.38. The fraction of sp³-hybridized carbons (Fsp3) is 0.308. The molecule has 3 heterocycles. The molecule has 0 saturated carbocycles. The number of thiophene rings is 1. The van der Waals surface area contributed by atoms with E-state index in [-0.39, 0.29) is 17.2 Å². The molecule has 2 aromatic rings. The Balaban J connectivity index is 1.91. The molecule has 1 amide bonds. The van der Waals surface area contributed by atoms with Gasteiger partial charge in [0.25, 0.3) is 5.91 Å². The van der Waals surface area contributed by atoms with Crippen molar-refractivity contribution in [3.63, 3.8) is 0 Å². The summed E-state index contributed by atoms with van der Waals surface area (Å²) < 4.78 is 4.99. The van der Waals surface area contributed by atoms with Crippen molar-refractivity contribution in [3.05, 3.63) is 45.0 Å². The van der Waals surface area contributed by atoms with Crippen LogP contribution in [0.15, 0.2) is 28.2 Å². The molecule has 3 nitrogen and oxygen atoms in total. The number of carbonyl (C=O) groups is 1. The molecule has 5 heteroatoms. The lowest BCUT2D eigenvalue weighted by Gasteiger charge is -2.33. The van der Waals surface area contributed by atoms with Crippen molar-refractivity contribution < 1.29 is 9.21 Å². The summed E-state index contributed by atoms with van der Waals surface area (Å²) >= 11 is 7.63. The molecule has 18 heavy (non-hydrogen) atoms. The van der Waals surface area contributed by atoms with Crippen molar-refractivity contribution in [2.75, 3.05) is 6.54 Å². The second-order valence-electron chi connectivity index (χ2n) is 4.33. The molecule has 94 valence electrons. The van der Waals surface area contributed by atoms with Crippen molar-refractivity contribution in [2.45, 2.75) is 19.4 Å². The fourth-order valence-corrected chi connectivity index (χ4v) is 3.55. The Morgan fingerprint density at radius 1 is 1.56 bits per heavy atom. The average Bonchev–Trinajstić information content (AvgIpc) is 2.97. The molecule has 3 rings (SSSR count). The third kappa shape index (κ3) is 1.76. The van der Waals surface area contributed by atoms with Gasteiger partial charge in [0.05, 0.1) is 17.9 Å². The Labute approximate surface area is 114 Å². The molecular formula is C13H12ClNO2S. The minimum absolute atomic E-state index is 0.0573. The lowest BCUT2D eigenvalue weighted by molar-refractivity contribution is 0.0679. The third-order valence-electron chi connectivity index (χ3n) is 3.39. The maximum atomic E-state index is 12.4. The highest BCUT2D eigenvalue weighted by atomic mass is 35.5. The average molecular weight is 282 g/mol. The van der Waals surface area contributed by atoms with Gasteiger partial charge in [0.2, 0.25) is 5.22 Å². The van der Waals surface area contributed by atoms with Crippen LogP contribution in [0.5, 0.6) is 0 Å². The molecule has 1 atom stereocenters. The Morgan fingerprint density at radius 3 is 3.11 bits per heavy atom. The smallest absolute Gasteiger partial charge is 0.259 e. The van der Waals surface area contributed by atoms with Gasteiger partial charge in [0.15, 0.2) is 0 Å². The maximum absolute atomic E-state index is 12.4. The zero-order chi connectivity index (χ0) is 12.7. The van der Waals surface area contributed by atoms with Crippen LogP contribution in [0.3, 0.4) is 0 Å². The third-order valence-corrected chi connectivity index (χ3v) is 4.68. The van der Waals surface area contributed by atoms with Gasteiger partial charge in [-0.1, -0.05) is 0 Å². The molecule has 2 aromatic heterocycles. The first-order chi connectivity index (χ1) is 8.68. The minimum atomic E-state index is -0.0573. The van der Waals surface area contributed by atoms with E-state index in [1.165, 1.54) is 16.7 Å². The van der Waals surface area contributed by atoms with E-state index in [0.29, 0.717) is 5.56 Å². The van der Waals surface area contributed by atoms with Crippen LogP contribution in [0, 0.1) is 0 Å². The summed E-state index contributed by atoms with van der Waals surface area (Å²) in [5.41, 5.74) is 1.70. The Kier molecular flexibility index (Phi) is 2.92. The fourth-order valence-electron chi connectivity index (χ4n) is 2.39. The van der Waals surface area contributed by atoms with Crippen LogP contribution in [-0.4, -0.2) is 17.4 Å². The van der Waals surface area contributed by atoms with E-state index < -0.39 is 0 Å². The number of carbonyl (C=O) groups excluding carboxylic acids is 1. The summed E-state index contributed by atoms with van der Waals surface area (Å²) in [6.07, 6.45) is 2.36. The number of furan rings is 1. The second-order valence-corrected chi connectivity index (χ2v) is 5.68. The Bertz CT molecular complexity index is 589. The Morgan fingerprint density at radius 2 is 2.39 bits per heavy atom. The largest absolute Gasteiger partial charge is 0.452 e. The molecule has 0 saturated heterocycles. The number of nitrogens with zero attached hydrogens (tertiary/aromatic N) is 1. The molecule has 0 N–H and O–H groups in total. The standard InChI is InChI=1S/C13H12ClNO2S/c1-8-9-4-7-18-11(9)2-5-15(8)13(16)10-3-6-17-12(10)14/h3-4,6-8H,2,5H2,1H3. The van der Waals surface area contributed by atoms with Gasteiger partial charge in [-0.2, -0.15) is 0 Å². The van der Waals surface area contributed by atoms with Crippen molar-refractivity contribution in [2.24, 2.45) is 0 Å². The minimum Gasteiger partial charge on any atom is -0.452 e. The van der Waals surface area contributed by atoms with E-state index in [9.17, 15) is 4.79 Å². The molecule has 1 aliphatic heterocycles. The predicted molar refractivity (Wildman–Crippen MR) is 71.2 cm³/mol.